The Hall–Kier alpha value is -3.35. The molecule has 0 aliphatic carbocycles. The van der Waals surface area contributed by atoms with Crippen molar-refractivity contribution < 1.29 is 19.4 Å². The number of hydrazone groups is 1. The maximum atomic E-state index is 12.1. The highest BCUT2D eigenvalue weighted by molar-refractivity contribution is 6.01. The number of ether oxygens (including phenoxy) is 1. The predicted octanol–water partition coefficient (Wildman–Crippen LogP) is 2.79. The lowest BCUT2D eigenvalue weighted by Crippen LogP contribution is -2.34. The highest BCUT2D eigenvalue weighted by Gasteiger charge is 2.11. The van der Waals surface area contributed by atoms with Crippen LogP contribution < -0.4 is 10.2 Å². The number of benzene rings is 2. The molecule has 28 heavy (non-hydrogen) atoms. The van der Waals surface area contributed by atoms with Gasteiger partial charge in [-0.25, -0.2) is 5.43 Å². The Morgan fingerprint density at radius 2 is 1.71 bits per heavy atom. The number of hydrogen-bond donors (Lipinski definition) is 2. The Balaban J connectivity index is 1.95. The maximum Gasteiger partial charge on any atom is 0.275 e. The van der Waals surface area contributed by atoms with E-state index in [1.807, 2.05) is 13.8 Å². The fraction of sp³-hybridized carbons (Fsp3) is 0.286. The molecule has 0 saturated carbocycles. The van der Waals surface area contributed by atoms with E-state index in [-0.39, 0.29) is 23.8 Å². The number of rotatable bonds is 8. The van der Waals surface area contributed by atoms with E-state index in [1.165, 1.54) is 12.1 Å². The third-order valence-corrected chi connectivity index (χ3v) is 4.22. The standard InChI is InChI=1S/C21H25N3O4/c1-4-24(5-2)20(26)14-28-17-12-10-16(11-13-17)15(3)22-23-21(27)18-8-6-7-9-19(18)25/h6-13,25H,4-5,14H2,1-3H3,(H,23,27)/b22-15+. The van der Waals surface area contributed by atoms with Gasteiger partial charge in [-0.1, -0.05) is 12.1 Å². The second-order valence-corrected chi connectivity index (χ2v) is 6.03. The largest absolute Gasteiger partial charge is 0.507 e. The van der Waals surface area contributed by atoms with Crippen LogP contribution >= 0.6 is 0 Å². The number of nitrogens with zero attached hydrogens (tertiary/aromatic N) is 2. The van der Waals surface area contributed by atoms with Gasteiger partial charge in [-0.2, -0.15) is 5.10 Å². The van der Waals surface area contributed by atoms with Gasteiger partial charge >= 0.3 is 0 Å². The predicted molar refractivity (Wildman–Crippen MR) is 108 cm³/mol. The highest BCUT2D eigenvalue weighted by atomic mass is 16.5. The van der Waals surface area contributed by atoms with Crippen LogP contribution in [-0.4, -0.2) is 47.2 Å². The van der Waals surface area contributed by atoms with E-state index in [1.54, 1.807) is 48.2 Å². The molecule has 2 rings (SSSR count). The molecular weight excluding hydrogens is 358 g/mol. The lowest BCUT2D eigenvalue weighted by atomic mass is 10.1. The van der Waals surface area contributed by atoms with Crippen molar-refractivity contribution in [1.29, 1.82) is 0 Å². The zero-order chi connectivity index (χ0) is 20.5. The third kappa shape index (κ3) is 5.57. The van der Waals surface area contributed by atoms with Crippen molar-refractivity contribution in [2.24, 2.45) is 5.10 Å². The SMILES string of the molecule is CCN(CC)C(=O)COc1ccc(/C(C)=N/NC(=O)c2ccccc2O)cc1. The number of phenols is 1. The molecule has 0 heterocycles. The third-order valence-electron chi connectivity index (χ3n) is 4.22. The number of para-hydroxylation sites is 1. The minimum absolute atomic E-state index is 0.00920. The minimum atomic E-state index is -0.493. The number of likely N-dealkylation sites (N-methyl/N-ethyl adjacent to an activating group) is 1. The zero-order valence-corrected chi connectivity index (χ0v) is 16.3. The van der Waals surface area contributed by atoms with Crippen molar-refractivity contribution in [2.45, 2.75) is 20.8 Å². The van der Waals surface area contributed by atoms with E-state index in [2.05, 4.69) is 10.5 Å². The fourth-order valence-electron chi connectivity index (χ4n) is 2.53. The van der Waals surface area contributed by atoms with Crippen LogP contribution in [0.2, 0.25) is 0 Å². The molecule has 7 nitrogen and oxygen atoms in total. The molecule has 0 aromatic heterocycles. The Labute approximate surface area is 164 Å². The van der Waals surface area contributed by atoms with Crippen LogP contribution in [0.1, 0.15) is 36.7 Å². The van der Waals surface area contributed by atoms with Crippen LogP contribution in [0.25, 0.3) is 0 Å². The van der Waals surface area contributed by atoms with E-state index < -0.39 is 5.91 Å². The highest BCUT2D eigenvalue weighted by Crippen LogP contribution is 2.16. The summed E-state index contributed by atoms with van der Waals surface area (Å²) < 4.78 is 5.53. The molecule has 0 aliphatic heterocycles. The lowest BCUT2D eigenvalue weighted by molar-refractivity contribution is -0.132. The molecule has 2 aromatic carbocycles. The summed E-state index contributed by atoms with van der Waals surface area (Å²) in [7, 11) is 0. The summed E-state index contributed by atoms with van der Waals surface area (Å²) in [6, 6.07) is 13.3. The summed E-state index contributed by atoms with van der Waals surface area (Å²) in [5.41, 5.74) is 3.96. The van der Waals surface area contributed by atoms with E-state index >= 15 is 0 Å². The average molecular weight is 383 g/mol. The van der Waals surface area contributed by atoms with Crippen LogP contribution in [0.4, 0.5) is 0 Å². The summed E-state index contributed by atoms with van der Waals surface area (Å²) in [6.07, 6.45) is 0. The molecule has 0 spiro atoms. The van der Waals surface area contributed by atoms with Gasteiger partial charge in [-0.05, 0) is 62.7 Å². The molecule has 0 aliphatic rings. The average Bonchev–Trinajstić information content (AvgIpc) is 2.72. The molecule has 148 valence electrons. The first-order valence-corrected chi connectivity index (χ1v) is 9.09. The van der Waals surface area contributed by atoms with E-state index in [0.29, 0.717) is 24.6 Å². The molecule has 0 saturated heterocycles. The van der Waals surface area contributed by atoms with E-state index in [4.69, 9.17) is 4.74 Å². The van der Waals surface area contributed by atoms with Crippen molar-refractivity contribution in [3.8, 4) is 11.5 Å². The van der Waals surface area contributed by atoms with Crippen LogP contribution in [0, 0.1) is 0 Å². The molecule has 2 N–H and O–H groups in total. The zero-order valence-electron chi connectivity index (χ0n) is 16.3. The smallest absolute Gasteiger partial charge is 0.275 e. The fourth-order valence-corrected chi connectivity index (χ4v) is 2.53. The van der Waals surface area contributed by atoms with Crippen molar-refractivity contribution in [3.05, 3.63) is 59.7 Å². The number of hydrogen-bond acceptors (Lipinski definition) is 5. The number of carbonyl (C=O) groups excluding carboxylic acids is 2. The molecule has 0 radical (unpaired) electrons. The number of phenolic OH excluding ortho intramolecular Hbond substituents is 1. The summed E-state index contributed by atoms with van der Waals surface area (Å²) in [6.45, 7) is 6.90. The van der Waals surface area contributed by atoms with E-state index in [0.717, 1.165) is 5.56 Å². The Morgan fingerprint density at radius 1 is 1.07 bits per heavy atom. The second kappa shape index (κ2) is 10.1. The molecule has 0 unspecified atom stereocenters. The maximum absolute atomic E-state index is 12.1. The number of nitrogens with one attached hydrogen (secondary N) is 1. The van der Waals surface area contributed by atoms with Crippen molar-refractivity contribution in [3.63, 3.8) is 0 Å². The van der Waals surface area contributed by atoms with Crippen LogP contribution in [0.3, 0.4) is 0 Å². The van der Waals surface area contributed by atoms with Crippen LogP contribution in [-0.2, 0) is 4.79 Å². The van der Waals surface area contributed by atoms with Gasteiger partial charge in [0.2, 0.25) is 0 Å². The summed E-state index contributed by atoms with van der Waals surface area (Å²) in [5, 5.41) is 13.8. The normalized spacial score (nSPS) is 11.0. The molecular formula is C21H25N3O4. The quantitative estimate of drug-likeness (QED) is 0.542. The summed E-state index contributed by atoms with van der Waals surface area (Å²) >= 11 is 0. The van der Waals surface area contributed by atoms with Crippen LogP contribution in [0.15, 0.2) is 53.6 Å². The number of aromatic hydroxyl groups is 1. The summed E-state index contributed by atoms with van der Waals surface area (Å²) in [5.74, 6) is -0.0741. The minimum Gasteiger partial charge on any atom is -0.507 e. The van der Waals surface area contributed by atoms with Gasteiger partial charge in [0, 0.05) is 13.1 Å². The molecule has 2 aromatic rings. The van der Waals surface area contributed by atoms with Gasteiger partial charge in [0.25, 0.3) is 11.8 Å². The monoisotopic (exact) mass is 383 g/mol. The van der Waals surface area contributed by atoms with Crippen LogP contribution in [0.5, 0.6) is 11.5 Å². The Kier molecular flexibility index (Phi) is 7.56. The first-order valence-electron chi connectivity index (χ1n) is 9.09. The van der Waals surface area contributed by atoms with Gasteiger partial charge in [-0.15, -0.1) is 0 Å². The van der Waals surface area contributed by atoms with Gasteiger partial charge in [0.15, 0.2) is 6.61 Å². The first kappa shape index (κ1) is 21.0. The molecule has 0 atom stereocenters. The molecule has 0 bridgehead atoms. The summed E-state index contributed by atoms with van der Waals surface area (Å²) in [4.78, 5) is 25.7. The topological polar surface area (TPSA) is 91.2 Å². The van der Waals surface area contributed by atoms with Gasteiger partial charge in [0.1, 0.15) is 11.5 Å². The van der Waals surface area contributed by atoms with Gasteiger partial charge in [0.05, 0.1) is 11.3 Å². The van der Waals surface area contributed by atoms with Gasteiger partial charge < -0.3 is 14.7 Å². The first-order chi connectivity index (χ1) is 13.5. The number of carbonyl (C=O) groups is 2. The van der Waals surface area contributed by atoms with Gasteiger partial charge in [-0.3, -0.25) is 9.59 Å². The second-order valence-electron chi connectivity index (χ2n) is 6.03. The van der Waals surface area contributed by atoms with Crippen molar-refractivity contribution in [1.82, 2.24) is 10.3 Å². The Morgan fingerprint density at radius 3 is 2.32 bits per heavy atom. The van der Waals surface area contributed by atoms with E-state index in [9.17, 15) is 14.7 Å². The molecule has 7 heteroatoms. The Bertz CT molecular complexity index is 843. The van der Waals surface area contributed by atoms with Crippen molar-refractivity contribution in [2.75, 3.05) is 19.7 Å². The number of amides is 2. The molecule has 2 amide bonds. The lowest BCUT2D eigenvalue weighted by Gasteiger charge is -2.18. The molecule has 0 fully saturated rings. The van der Waals surface area contributed by atoms with Crippen molar-refractivity contribution >= 4 is 17.5 Å².